The second-order valence-electron chi connectivity index (χ2n) is 5.70. The Morgan fingerprint density at radius 2 is 1.95 bits per heavy atom. The highest BCUT2D eigenvalue weighted by Crippen LogP contribution is 2.30. The molecule has 2 N–H and O–H groups in total. The first-order valence-corrected chi connectivity index (χ1v) is 6.92. The third-order valence-corrected chi connectivity index (χ3v) is 4.27. The quantitative estimate of drug-likeness (QED) is 0.854. The Morgan fingerprint density at radius 3 is 2.68 bits per heavy atom. The third-order valence-electron chi connectivity index (χ3n) is 4.27. The van der Waals surface area contributed by atoms with E-state index in [0.717, 1.165) is 37.8 Å². The fourth-order valence-corrected chi connectivity index (χ4v) is 3.14. The Hall–Kier alpha value is -1.55. The summed E-state index contributed by atoms with van der Waals surface area (Å²) in [6, 6.07) is 5.02. The number of nitrogens with zero attached hydrogens (tertiary/aromatic N) is 1. The maximum Gasteiger partial charge on any atom is 0.254 e. The highest BCUT2D eigenvalue weighted by molar-refractivity contribution is 5.98. The van der Waals surface area contributed by atoms with E-state index in [2.05, 4.69) is 0 Å². The lowest BCUT2D eigenvalue weighted by Crippen LogP contribution is -2.32. The largest absolute Gasteiger partial charge is 0.508 e. The highest BCUT2D eigenvalue weighted by Gasteiger charge is 2.30. The summed E-state index contributed by atoms with van der Waals surface area (Å²) in [7, 11) is 0. The van der Waals surface area contributed by atoms with Gasteiger partial charge in [-0.05, 0) is 49.3 Å². The first-order valence-electron chi connectivity index (χ1n) is 6.92. The summed E-state index contributed by atoms with van der Waals surface area (Å²) in [4.78, 5) is 14.1. The molecule has 0 aromatic heterocycles. The molecule has 1 aliphatic heterocycles. The fraction of sp³-hybridized carbons (Fsp3) is 0.533. The van der Waals surface area contributed by atoms with Crippen molar-refractivity contribution in [3.8, 4) is 5.75 Å². The minimum atomic E-state index is -0.153. The van der Waals surface area contributed by atoms with Crippen LogP contribution in [0.5, 0.6) is 5.75 Å². The maximum absolute atomic E-state index is 12.3. The number of aliphatic hydroxyl groups excluding tert-OH is 1. The lowest BCUT2D eigenvalue weighted by Gasteiger charge is -2.29. The number of aliphatic hydroxyl groups is 1. The van der Waals surface area contributed by atoms with Gasteiger partial charge in [0.1, 0.15) is 5.75 Å². The van der Waals surface area contributed by atoms with Gasteiger partial charge in [-0.25, -0.2) is 0 Å². The molecule has 102 valence electrons. The van der Waals surface area contributed by atoms with Gasteiger partial charge >= 0.3 is 0 Å². The molecule has 1 aromatic rings. The molecule has 0 unspecified atom stereocenters. The van der Waals surface area contributed by atoms with Crippen LogP contribution in [0, 0.1) is 5.92 Å². The zero-order chi connectivity index (χ0) is 13.4. The molecular weight excluding hydrogens is 242 g/mol. The van der Waals surface area contributed by atoms with E-state index in [9.17, 15) is 15.0 Å². The van der Waals surface area contributed by atoms with Crippen molar-refractivity contribution in [3.63, 3.8) is 0 Å². The van der Waals surface area contributed by atoms with Gasteiger partial charge in [-0.2, -0.15) is 0 Å². The molecule has 1 amide bonds. The molecule has 1 heterocycles. The second-order valence-corrected chi connectivity index (χ2v) is 5.70. The van der Waals surface area contributed by atoms with Gasteiger partial charge in [0.05, 0.1) is 6.10 Å². The van der Waals surface area contributed by atoms with Crippen molar-refractivity contribution < 1.29 is 15.0 Å². The summed E-state index contributed by atoms with van der Waals surface area (Å²) in [5, 5.41) is 19.0. The van der Waals surface area contributed by atoms with E-state index in [1.165, 1.54) is 0 Å². The molecule has 2 aliphatic rings. The van der Waals surface area contributed by atoms with Crippen molar-refractivity contribution in [2.45, 2.75) is 38.3 Å². The molecule has 0 radical (unpaired) electrons. The lowest BCUT2D eigenvalue weighted by atomic mass is 9.87. The van der Waals surface area contributed by atoms with Crippen molar-refractivity contribution in [1.29, 1.82) is 0 Å². The van der Waals surface area contributed by atoms with Gasteiger partial charge in [-0.1, -0.05) is 6.07 Å². The number of hydrogen-bond donors (Lipinski definition) is 2. The number of phenols is 1. The lowest BCUT2D eigenvalue weighted by molar-refractivity contribution is 0.0674. The monoisotopic (exact) mass is 261 g/mol. The van der Waals surface area contributed by atoms with Crippen LogP contribution in [0.2, 0.25) is 0 Å². The molecule has 0 bridgehead atoms. The number of carbonyl (C=O) groups is 1. The number of hydrogen-bond acceptors (Lipinski definition) is 3. The summed E-state index contributed by atoms with van der Waals surface area (Å²) in [6.07, 6.45) is 3.53. The van der Waals surface area contributed by atoms with Gasteiger partial charge in [0.15, 0.2) is 0 Å². The summed E-state index contributed by atoms with van der Waals surface area (Å²) in [5.74, 6) is 0.669. The predicted molar refractivity (Wildman–Crippen MR) is 70.8 cm³/mol. The maximum atomic E-state index is 12.3. The van der Waals surface area contributed by atoms with E-state index >= 15 is 0 Å². The Labute approximate surface area is 112 Å². The van der Waals surface area contributed by atoms with E-state index in [0.29, 0.717) is 18.0 Å². The van der Waals surface area contributed by atoms with Crippen molar-refractivity contribution in [2.75, 3.05) is 6.54 Å². The number of amides is 1. The third kappa shape index (κ3) is 2.45. The molecule has 4 nitrogen and oxygen atoms in total. The van der Waals surface area contributed by atoms with E-state index in [4.69, 9.17) is 0 Å². The first kappa shape index (κ1) is 12.5. The van der Waals surface area contributed by atoms with Crippen molar-refractivity contribution >= 4 is 5.91 Å². The number of phenolic OH excluding ortho intramolecular Hbond substituents is 1. The van der Waals surface area contributed by atoms with Gasteiger partial charge in [0, 0.05) is 18.7 Å². The van der Waals surface area contributed by atoms with Gasteiger partial charge < -0.3 is 15.1 Å². The van der Waals surface area contributed by atoms with Gasteiger partial charge in [-0.15, -0.1) is 0 Å². The molecule has 0 spiro atoms. The van der Waals surface area contributed by atoms with Crippen LogP contribution in [0.3, 0.4) is 0 Å². The smallest absolute Gasteiger partial charge is 0.254 e. The topological polar surface area (TPSA) is 60.8 Å². The molecule has 1 aliphatic carbocycles. The molecule has 3 rings (SSSR count). The Balaban J connectivity index is 1.67. The van der Waals surface area contributed by atoms with Crippen LogP contribution in [-0.2, 0) is 6.54 Å². The molecular formula is C15H19NO3. The SMILES string of the molecule is O=C1c2cc(O)ccc2CN1CC1CCC(O)CC1. The molecule has 0 atom stereocenters. The zero-order valence-corrected chi connectivity index (χ0v) is 10.9. The molecule has 0 saturated heterocycles. The number of carbonyl (C=O) groups excluding carboxylic acids is 1. The van der Waals surface area contributed by atoms with Crippen LogP contribution >= 0.6 is 0 Å². The van der Waals surface area contributed by atoms with Gasteiger partial charge in [0.2, 0.25) is 0 Å². The van der Waals surface area contributed by atoms with E-state index in [1.807, 2.05) is 11.0 Å². The van der Waals surface area contributed by atoms with Crippen molar-refractivity contribution in [1.82, 2.24) is 4.90 Å². The first-order chi connectivity index (χ1) is 9.13. The number of rotatable bonds is 2. The number of fused-ring (bicyclic) bond motifs is 1. The number of benzene rings is 1. The fourth-order valence-electron chi connectivity index (χ4n) is 3.14. The minimum absolute atomic E-state index is 0.0250. The Morgan fingerprint density at radius 1 is 1.21 bits per heavy atom. The highest BCUT2D eigenvalue weighted by atomic mass is 16.3. The van der Waals surface area contributed by atoms with Gasteiger partial charge in [-0.3, -0.25) is 4.79 Å². The van der Waals surface area contributed by atoms with Crippen molar-refractivity contribution in [2.24, 2.45) is 5.92 Å². The summed E-state index contributed by atoms with van der Waals surface area (Å²) in [6.45, 7) is 1.41. The van der Waals surface area contributed by atoms with E-state index < -0.39 is 0 Å². The summed E-state index contributed by atoms with van der Waals surface area (Å²) in [5.41, 5.74) is 1.63. The van der Waals surface area contributed by atoms with Crippen LogP contribution in [0.25, 0.3) is 0 Å². The van der Waals surface area contributed by atoms with Crippen LogP contribution in [0.15, 0.2) is 18.2 Å². The second kappa shape index (κ2) is 4.85. The van der Waals surface area contributed by atoms with Crippen molar-refractivity contribution in [3.05, 3.63) is 29.3 Å². The van der Waals surface area contributed by atoms with Crippen LogP contribution in [0.4, 0.5) is 0 Å². The van der Waals surface area contributed by atoms with Gasteiger partial charge in [0.25, 0.3) is 5.91 Å². The summed E-state index contributed by atoms with van der Waals surface area (Å²) >= 11 is 0. The molecule has 4 heteroatoms. The normalized spacial score (nSPS) is 26.6. The van der Waals surface area contributed by atoms with E-state index in [1.54, 1.807) is 12.1 Å². The minimum Gasteiger partial charge on any atom is -0.508 e. The van der Waals surface area contributed by atoms with Crippen LogP contribution in [-0.4, -0.2) is 33.7 Å². The van der Waals surface area contributed by atoms with E-state index in [-0.39, 0.29) is 17.8 Å². The van der Waals surface area contributed by atoms with Crippen LogP contribution in [0.1, 0.15) is 41.6 Å². The molecule has 19 heavy (non-hydrogen) atoms. The molecule has 1 aromatic carbocycles. The van der Waals surface area contributed by atoms with Crippen LogP contribution < -0.4 is 0 Å². The Kier molecular flexibility index (Phi) is 3.19. The molecule has 1 saturated carbocycles. The Bertz CT molecular complexity index is 492. The molecule has 1 fully saturated rings. The number of aromatic hydroxyl groups is 1. The standard InChI is InChI=1S/C15H19NO3/c17-12-4-1-10(2-5-12)8-16-9-11-3-6-13(18)7-14(11)15(16)19/h3,6-7,10,12,17-18H,1-2,4-5,8-9H2. The zero-order valence-electron chi connectivity index (χ0n) is 10.9. The average Bonchev–Trinajstić information content (AvgIpc) is 2.70. The predicted octanol–water partition coefficient (Wildman–Crippen LogP) is 1.90. The average molecular weight is 261 g/mol. The summed E-state index contributed by atoms with van der Waals surface area (Å²) < 4.78 is 0.